The Bertz CT molecular complexity index is 1430. The van der Waals surface area contributed by atoms with Crippen LogP contribution in [0.25, 0.3) is 0 Å². The summed E-state index contributed by atoms with van der Waals surface area (Å²) >= 11 is 0. The largest absolute Gasteiger partial charge is 0.481 e. The van der Waals surface area contributed by atoms with Crippen molar-refractivity contribution < 1.29 is 48.6 Å². The van der Waals surface area contributed by atoms with E-state index in [2.05, 4.69) is 21.3 Å². The van der Waals surface area contributed by atoms with Crippen LogP contribution in [-0.4, -0.2) is 119 Å². The van der Waals surface area contributed by atoms with Crippen molar-refractivity contribution in [2.24, 2.45) is 17.8 Å². The van der Waals surface area contributed by atoms with Crippen LogP contribution in [0.2, 0.25) is 0 Å². The van der Waals surface area contributed by atoms with E-state index in [1.54, 1.807) is 41.5 Å². The number of aliphatic carboxylic acids is 2. The number of nitrogens with one attached hydrogen (secondary N) is 4. The summed E-state index contributed by atoms with van der Waals surface area (Å²) in [5.41, 5.74) is 0.963. The number of hydrogen-bond donors (Lipinski definition) is 6. The molecule has 1 aromatic rings. The topological polar surface area (TPSA) is 232 Å². The molecule has 6 amide bonds. The van der Waals surface area contributed by atoms with Crippen LogP contribution in [0.1, 0.15) is 79.2 Å². The molecule has 0 spiro atoms. The molecule has 0 aliphatic heterocycles. The summed E-state index contributed by atoms with van der Waals surface area (Å²) in [7, 11) is 4.37. The Balaban J connectivity index is 3.32. The number of nitrogens with zero attached hydrogens (tertiary/aromatic N) is 2. The Morgan fingerprint density at radius 1 is 0.679 bits per heavy atom. The average Bonchev–Trinajstić information content (AvgIpc) is 3.07. The lowest BCUT2D eigenvalue weighted by Gasteiger charge is -2.33. The summed E-state index contributed by atoms with van der Waals surface area (Å²) in [6.45, 7) is 10.5. The minimum Gasteiger partial charge on any atom is -0.481 e. The maximum absolute atomic E-state index is 13.9. The first-order chi connectivity index (χ1) is 24.7. The monoisotopic (exact) mass is 746 g/mol. The van der Waals surface area contributed by atoms with E-state index >= 15 is 0 Å². The van der Waals surface area contributed by atoms with E-state index in [9.17, 15) is 48.6 Å². The first-order valence-electron chi connectivity index (χ1n) is 17.9. The number of carboxylic acids is 2. The van der Waals surface area contributed by atoms with Gasteiger partial charge < -0.3 is 41.3 Å². The van der Waals surface area contributed by atoms with Gasteiger partial charge in [0.2, 0.25) is 35.4 Å². The zero-order valence-electron chi connectivity index (χ0n) is 32.3. The van der Waals surface area contributed by atoms with Gasteiger partial charge in [0.25, 0.3) is 0 Å². The van der Waals surface area contributed by atoms with Crippen LogP contribution < -0.4 is 21.3 Å². The van der Waals surface area contributed by atoms with Gasteiger partial charge in [0.15, 0.2) is 0 Å². The van der Waals surface area contributed by atoms with Gasteiger partial charge in [0.05, 0.1) is 12.8 Å². The predicted molar refractivity (Wildman–Crippen MR) is 196 cm³/mol. The third-order valence-corrected chi connectivity index (χ3v) is 8.82. The Morgan fingerprint density at radius 2 is 1.21 bits per heavy atom. The fraction of sp³-hybridized carbons (Fsp3) is 0.622. The van der Waals surface area contributed by atoms with Crippen molar-refractivity contribution in [3.8, 4) is 0 Å². The number of carbonyl (C=O) groups excluding carboxylic acids is 6. The molecule has 16 nitrogen and oxygen atoms in total. The number of benzene rings is 1. The molecule has 0 fully saturated rings. The Morgan fingerprint density at radius 3 is 1.68 bits per heavy atom. The highest BCUT2D eigenvalue weighted by Gasteiger charge is 2.37. The van der Waals surface area contributed by atoms with Crippen LogP contribution in [0.15, 0.2) is 30.3 Å². The summed E-state index contributed by atoms with van der Waals surface area (Å²) in [5, 5.41) is 28.8. The Hall–Kier alpha value is -5.02. The SMILES string of the molecule is CCC(C)[C@H](NC(=O)[C@H](C(C)C)N(C)C(=O)CCc1ccccc1)C(=O)NC(CC(=O)N(C)C)C(=O)N[C@@H](CC(=O)O)C(=O)N[C@@H](CC(C)C)C(=O)O. The van der Waals surface area contributed by atoms with E-state index in [0.717, 1.165) is 5.56 Å². The standard InChI is InChI=1S/C37H58N6O10/c1-10-23(6)31(41-36(51)32(22(4)5)43(9)28(44)17-16-24-14-12-11-13-15-24)35(50)39-25(19-29(45)42(7)8)33(48)38-26(20-30(46)47)34(49)40-27(37(52)53)18-21(2)3/h11-15,21-23,25-27,31-32H,10,16-20H2,1-9H3,(H,38,48)(H,39,50)(H,40,49)(H,41,51)(H,46,47)(H,52,53)/t23?,25?,26-,27-,31-,32-/m0/s1. The molecule has 6 N–H and O–H groups in total. The number of carbonyl (C=O) groups is 8. The molecule has 0 heterocycles. The molecule has 0 saturated heterocycles. The van der Waals surface area contributed by atoms with Crippen LogP contribution in [0.3, 0.4) is 0 Å². The van der Waals surface area contributed by atoms with E-state index in [1.807, 2.05) is 30.3 Å². The van der Waals surface area contributed by atoms with Gasteiger partial charge in [-0.3, -0.25) is 33.6 Å². The van der Waals surface area contributed by atoms with Gasteiger partial charge in [-0.15, -0.1) is 0 Å². The molecule has 16 heteroatoms. The maximum atomic E-state index is 13.9. The lowest BCUT2D eigenvalue weighted by molar-refractivity contribution is -0.144. The van der Waals surface area contributed by atoms with Crippen LogP contribution in [-0.2, 0) is 44.8 Å². The average molecular weight is 747 g/mol. The summed E-state index contributed by atoms with van der Waals surface area (Å²) in [5.74, 6) is -8.27. The predicted octanol–water partition coefficient (Wildman–Crippen LogP) is 1.17. The molecular weight excluding hydrogens is 688 g/mol. The van der Waals surface area contributed by atoms with Crippen molar-refractivity contribution >= 4 is 47.4 Å². The molecule has 0 bridgehead atoms. The van der Waals surface area contributed by atoms with Crippen LogP contribution in [0.5, 0.6) is 0 Å². The first-order valence-corrected chi connectivity index (χ1v) is 17.9. The summed E-state index contributed by atoms with van der Waals surface area (Å²) < 4.78 is 0. The van der Waals surface area contributed by atoms with E-state index in [-0.39, 0.29) is 30.6 Å². The first kappa shape index (κ1) is 46.0. The summed E-state index contributed by atoms with van der Waals surface area (Å²) in [6, 6.07) is 2.49. The quantitative estimate of drug-likeness (QED) is 0.0992. The minimum atomic E-state index is -1.75. The van der Waals surface area contributed by atoms with E-state index < -0.39 is 90.4 Å². The van der Waals surface area contributed by atoms with Gasteiger partial charge in [-0.25, -0.2) is 4.79 Å². The van der Waals surface area contributed by atoms with Gasteiger partial charge in [-0.2, -0.15) is 0 Å². The van der Waals surface area contributed by atoms with Crippen LogP contribution in [0.4, 0.5) is 0 Å². The number of aryl methyl sites for hydroxylation is 1. The molecule has 0 aliphatic carbocycles. The van der Waals surface area contributed by atoms with Gasteiger partial charge in [-0.05, 0) is 36.2 Å². The number of hydrogen-bond acceptors (Lipinski definition) is 8. The van der Waals surface area contributed by atoms with Crippen LogP contribution in [0, 0.1) is 17.8 Å². The minimum absolute atomic E-state index is 0.0306. The van der Waals surface area contributed by atoms with Crippen molar-refractivity contribution in [3.05, 3.63) is 35.9 Å². The molecule has 0 radical (unpaired) electrons. The number of amides is 6. The normalized spacial score (nSPS) is 14.5. The Labute approximate surface area is 311 Å². The molecule has 1 rings (SSSR count). The third kappa shape index (κ3) is 15.6. The van der Waals surface area contributed by atoms with Crippen LogP contribution >= 0.6 is 0 Å². The second-order valence-electron chi connectivity index (χ2n) is 14.3. The molecule has 53 heavy (non-hydrogen) atoms. The van der Waals surface area contributed by atoms with Crippen molar-refractivity contribution in [2.75, 3.05) is 21.1 Å². The van der Waals surface area contributed by atoms with Gasteiger partial charge in [0, 0.05) is 27.6 Å². The second kappa shape index (κ2) is 22.1. The summed E-state index contributed by atoms with van der Waals surface area (Å²) in [4.78, 5) is 106. The number of carboxylic acid groups (broad SMARTS) is 2. The zero-order chi connectivity index (χ0) is 40.6. The third-order valence-electron chi connectivity index (χ3n) is 8.82. The lowest BCUT2D eigenvalue weighted by Crippen LogP contribution is -2.61. The molecule has 0 saturated carbocycles. The van der Waals surface area contributed by atoms with Gasteiger partial charge >= 0.3 is 11.9 Å². The van der Waals surface area contributed by atoms with E-state index in [4.69, 9.17) is 0 Å². The zero-order valence-corrected chi connectivity index (χ0v) is 32.3. The highest BCUT2D eigenvalue weighted by molar-refractivity contribution is 5.98. The van der Waals surface area contributed by atoms with Crippen molar-refractivity contribution in [1.82, 2.24) is 31.1 Å². The number of likely N-dealkylation sites (N-methyl/N-ethyl adjacent to an activating group) is 1. The van der Waals surface area contributed by atoms with Crippen molar-refractivity contribution in [2.45, 2.75) is 110 Å². The molecule has 0 aliphatic rings. The fourth-order valence-corrected chi connectivity index (χ4v) is 5.54. The highest BCUT2D eigenvalue weighted by atomic mass is 16.4. The smallest absolute Gasteiger partial charge is 0.326 e. The van der Waals surface area contributed by atoms with Gasteiger partial charge in [-0.1, -0.05) is 78.3 Å². The number of rotatable bonds is 22. The molecular formula is C37H58N6O10. The second-order valence-corrected chi connectivity index (χ2v) is 14.3. The van der Waals surface area contributed by atoms with E-state index in [1.165, 1.54) is 30.9 Å². The highest BCUT2D eigenvalue weighted by Crippen LogP contribution is 2.16. The summed E-state index contributed by atoms with van der Waals surface area (Å²) in [6.07, 6.45) is -0.455. The lowest BCUT2D eigenvalue weighted by atomic mass is 9.95. The fourth-order valence-electron chi connectivity index (χ4n) is 5.54. The maximum Gasteiger partial charge on any atom is 0.326 e. The molecule has 6 atom stereocenters. The van der Waals surface area contributed by atoms with E-state index in [0.29, 0.717) is 12.8 Å². The van der Waals surface area contributed by atoms with Crippen molar-refractivity contribution in [3.63, 3.8) is 0 Å². The molecule has 1 aromatic carbocycles. The van der Waals surface area contributed by atoms with Crippen molar-refractivity contribution in [1.29, 1.82) is 0 Å². The molecule has 296 valence electrons. The van der Waals surface area contributed by atoms with Gasteiger partial charge in [0.1, 0.15) is 30.2 Å². The molecule has 2 unspecified atom stereocenters. The molecule has 0 aromatic heterocycles. The Kier molecular flexibility index (Phi) is 19.2.